The van der Waals surface area contributed by atoms with Crippen molar-refractivity contribution in [1.82, 2.24) is 0 Å². The van der Waals surface area contributed by atoms with Crippen molar-refractivity contribution in [3.8, 4) is 11.1 Å². The third-order valence-electron chi connectivity index (χ3n) is 2.38. The van der Waals surface area contributed by atoms with Crippen molar-refractivity contribution >= 4 is 5.69 Å². The maximum Gasteiger partial charge on any atom is 0.125 e. The Bertz CT molecular complexity index is 471. The van der Waals surface area contributed by atoms with Crippen molar-refractivity contribution in [2.45, 2.75) is 6.92 Å². The number of anilines is 1. The fourth-order valence-electron chi connectivity index (χ4n) is 1.66. The highest BCUT2D eigenvalue weighted by molar-refractivity contribution is 5.70. The predicted molar refractivity (Wildman–Crippen MR) is 61.0 cm³/mol. The van der Waals surface area contributed by atoms with Crippen molar-refractivity contribution in [3.05, 3.63) is 53.8 Å². The Morgan fingerprint density at radius 3 is 2.47 bits per heavy atom. The van der Waals surface area contributed by atoms with Gasteiger partial charge in [0.15, 0.2) is 0 Å². The second-order valence-corrected chi connectivity index (χ2v) is 3.59. The Balaban J connectivity index is 2.59. The molecule has 0 aliphatic carbocycles. The van der Waals surface area contributed by atoms with Gasteiger partial charge < -0.3 is 5.73 Å². The molecule has 0 aromatic heterocycles. The van der Waals surface area contributed by atoms with E-state index in [-0.39, 0.29) is 5.82 Å². The van der Waals surface area contributed by atoms with Crippen LogP contribution in [0, 0.1) is 12.7 Å². The van der Waals surface area contributed by atoms with Crippen LogP contribution in [0.1, 0.15) is 5.56 Å². The zero-order valence-electron chi connectivity index (χ0n) is 8.50. The maximum atomic E-state index is 13.2. The van der Waals surface area contributed by atoms with Gasteiger partial charge in [-0.15, -0.1) is 0 Å². The van der Waals surface area contributed by atoms with Crippen LogP contribution in [0.3, 0.4) is 0 Å². The quantitative estimate of drug-likeness (QED) is 0.703. The first-order chi connectivity index (χ1) is 7.16. The number of nitrogen functional groups attached to an aromatic ring is 1. The number of benzene rings is 2. The molecule has 0 saturated heterocycles. The summed E-state index contributed by atoms with van der Waals surface area (Å²) < 4.78 is 13.2. The average molecular weight is 201 g/mol. The van der Waals surface area contributed by atoms with Crippen LogP contribution < -0.4 is 5.73 Å². The molecule has 0 unspecified atom stereocenters. The zero-order valence-corrected chi connectivity index (χ0v) is 8.50. The fourth-order valence-corrected chi connectivity index (χ4v) is 1.66. The third-order valence-corrected chi connectivity index (χ3v) is 2.38. The standard InChI is InChI=1S/C13H12FN/c1-9-4-2-3-5-13(9)10-6-11(14)8-12(15)7-10/h2-8H,15H2,1H3. The van der Waals surface area contributed by atoms with E-state index in [1.165, 1.54) is 12.1 Å². The van der Waals surface area contributed by atoms with Crippen LogP contribution in [-0.4, -0.2) is 0 Å². The number of rotatable bonds is 1. The van der Waals surface area contributed by atoms with Gasteiger partial charge in [-0.3, -0.25) is 0 Å². The number of nitrogens with two attached hydrogens (primary N) is 1. The number of halogens is 1. The van der Waals surface area contributed by atoms with Gasteiger partial charge in [-0.1, -0.05) is 24.3 Å². The summed E-state index contributed by atoms with van der Waals surface area (Å²) in [6.45, 7) is 2.00. The molecule has 2 rings (SSSR count). The molecule has 0 saturated carbocycles. The van der Waals surface area contributed by atoms with E-state index in [0.717, 1.165) is 16.7 Å². The van der Waals surface area contributed by atoms with Crippen molar-refractivity contribution in [2.24, 2.45) is 0 Å². The summed E-state index contributed by atoms with van der Waals surface area (Å²) in [7, 11) is 0. The molecule has 0 radical (unpaired) electrons. The molecule has 15 heavy (non-hydrogen) atoms. The molecule has 0 aliphatic rings. The van der Waals surface area contributed by atoms with E-state index < -0.39 is 0 Å². The SMILES string of the molecule is Cc1ccccc1-c1cc(N)cc(F)c1. The number of hydrogen-bond acceptors (Lipinski definition) is 1. The highest BCUT2D eigenvalue weighted by atomic mass is 19.1. The molecule has 0 aliphatic heterocycles. The first kappa shape index (κ1) is 9.71. The van der Waals surface area contributed by atoms with Crippen LogP contribution in [0.2, 0.25) is 0 Å². The van der Waals surface area contributed by atoms with Gasteiger partial charge in [0, 0.05) is 5.69 Å². The average Bonchev–Trinajstić information content (AvgIpc) is 2.16. The lowest BCUT2D eigenvalue weighted by molar-refractivity contribution is 0.629. The Hall–Kier alpha value is -1.83. The van der Waals surface area contributed by atoms with E-state index in [4.69, 9.17) is 5.73 Å². The lowest BCUT2D eigenvalue weighted by atomic mass is 10.0. The number of aryl methyl sites for hydroxylation is 1. The molecule has 0 heterocycles. The van der Waals surface area contributed by atoms with Crippen LogP contribution in [0.25, 0.3) is 11.1 Å². The van der Waals surface area contributed by atoms with Gasteiger partial charge in [0.1, 0.15) is 5.82 Å². The number of hydrogen-bond donors (Lipinski definition) is 1. The van der Waals surface area contributed by atoms with Crippen molar-refractivity contribution in [1.29, 1.82) is 0 Å². The lowest BCUT2D eigenvalue weighted by Gasteiger charge is -2.06. The molecule has 2 aromatic carbocycles. The Morgan fingerprint density at radius 1 is 1.07 bits per heavy atom. The molecule has 1 nitrogen and oxygen atoms in total. The molecule has 2 N–H and O–H groups in total. The predicted octanol–water partition coefficient (Wildman–Crippen LogP) is 3.38. The van der Waals surface area contributed by atoms with Crippen LogP contribution in [0.4, 0.5) is 10.1 Å². The van der Waals surface area contributed by atoms with Gasteiger partial charge in [-0.25, -0.2) is 4.39 Å². The van der Waals surface area contributed by atoms with E-state index in [9.17, 15) is 4.39 Å². The van der Waals surface area contributed by atoms with Crippen molar-refractivity contribution in [3.63, 3.8) is 0 Å². The second-order valence-electron chi connectivity index (χ2n) is 3.59. The normalized spacial score (nSPS) is 10.3. The molecule has 0 amide bonds. The third kappa shape index (κ3) is 1.99. The highest BCUT2D eigenvalue weighted by Gasteiger charge is 2.03. The van der Waals surface area contributed by atoms with E-state index in [0.29, 0.717) is 5.69 Å². The van der Waals surface area contributed by atoms with E-state index >= 15 is 0 Å². The lowest BCUT2D eigenvalue weighted by Crippen LogP contribution is -1.89. The largest absolute Gasteiger partial charge is 0.399 e. The summed E-state index contributed by atoms with van der Waals surface area (Å²) in [6, 6.07) is 12.5. The Morgan fingerprint density at radius 2 is 1.80 bits per heavy atom. The summed E-state index contributed by atoms with van der Waals surface area (Å²) in [6.07, 6.45) is 0. The van der Waals surface area contributed by atoms with Crippen molar-refractivity contribution in [2.75, 3.05) is 5.73 Å². The minimum atomic E-state index is -0.298. The van der Waals surface area contributed by atoms with E-state index in [1.807, 2.05) is 31.2 Å². The Labute approximate surface area is 88.4 Å². The smallest absolute Gasteiger partial charge is 0.125 e. The second kappa shape index (κ2) is 3.73. The molecule has 0 fully saturated rings. The van der Waals surface area contributed by atoms with Gasteiger partial charge in [0.05, 0.1) is 0 Å². The van der Waals surface area contributed by atoms with E-state index in [2.05, 4.69) is 0 Å². The minimum absolute atomic E-state index is 0.298. The van der Waals surface area contributed by atoms with E-state index in [1.54, 1.807) is 6.07 Å². The molecule has 0 spiro atoms. The van der Waals surface area contributed by atoms with Crippen LogP contribution in [0.5, 0.6) is 0 Å². The van der Waals surface area contributed by atoms with Crippen LogP contribution in [-0.2, 0) is 0 Å². The summed E-state index contributed by atoms with van der Waals surface area (Å²) in [5, 5.41) is 0. The topological polar surface area (TPSA) is 26.0 Å². The van der Waals surface area contributed by atoms with Gasteiger partial charge in [0.2, 0.25) is 0 Å². The molecule has 0 atom stereocenters. The summed E-state index contributed by atoms with van der Waals surface area (Å²) in [5.74, 6) is -0.298. The van der Waals surface area contributed by atoms with Gasteiger partial charge in [-0.2, -0.15) is 0 Å². The maximum absolute atomic E-state index is 13.2. The van der Waals surface area contributed by atoms with Crippen molar-refractivity contribution < 1.29 is 4.39 Å². The molecular formula is C13H12FN. The zero-order chi connectivity index (χ0) is 10.8. The van der Waals surface area contributed by atoms with Gasteiger partial charge >= 0.3 is 0 Å². The molecule has 76 valence electrons. The molecule has 2 heteroatoms. The van der Waals surface area contributed by atoms with Crippen LogP contribution >= 0.6 is 0 Å². The summed E-state index contributed by atoms with van der Waals surface area (Å²) in [5.41, 5.74) is 9.01. The first-order valence-corrected chi connectivity index (χ1v) is 4.79. The first-order valence-electron chi connectivity index (χ1n) is 4.79. The van der Waals surface area contributed by atoms with Crippen LogP contribution in [0.15, 0.2) is 42.5 Å². The minimum Gasteiger partial charge on any atom is -0.399 e. The monoisotopic (exact) mass is 201 g/mol. The molecule has 2 aromatic rings. The molecule has 0 bridgehead atoms. The highest BCUT2D eigenvalue weighted by Crippen LogP contribution is 2.25. The summed E-state index contributed by atoms with van der Waals surface area (Å²) in [4.78, 5) is 0. The molecular weight excluding hydrogens is 189 g/mol. The summed E-state index contributed by atoms with van der Waals surface area (Å²) >= 11 is 0. The van der Waals surface area contributed by atoms with Gasteiger partial charge in [0.25, 0.3) is 0 Å². The Kier molecular flexibility index (Phi) is 2.42. The fraction of sp³-hybridized carbons (Fsp3) is 0.0769. The van der Waals surface area contributed by atoms with Gasteiger partial charge in [-0.05, 0) is 41.8 Å².